The molecule has 3 nitrogen and oxygen atoms in total. The van der Waals surface area contributed by atoms with E-state index in [1.807, 2.05) is 0 Å². The van der Waals surface area contributed by atoms with Crippen LogP contribution in [0.5, 0.6) is 0 Å². The molecule has 0 spiro atoms. The normalized spacial score (nSPS) is 16.3. The summed E-state index contributed by atoms with van der Waals surface area (Å²) in [4.78, 5) is 11.9. The SMILES string of the molecule is CC/C=C\C/C=C\C/C=C\C/C=C\C/C=C\C/C=C\CCC(=O)NCC1CCOCC1. The quantitative estimate of drug-likeness (QED) is 0.270. The molecule has 1 heterocycles. The van der Waals surface area contributed by atoms with Crippen LogP contribution in [0.2, 0.25) is 0 Å². The first-order valence-corrected chi connectivity index (χ1v) is 12.1. The van der Waals surface area contributed by atoms with Crippen LogP contribution in [0.15, 0.2) is 72.9 Å². The standard InChI is InChI=1S/C28H43NO2/c1-2-3-4-5-6-7-8-9-10-11-12-13-14-15-16-17-18-19-20-21-28(30)29-26-27-22-24-31-25-23-27/h3-4,6-7,9-10,12-13,15-16,18-19,27H,2,5,8,11,14,17,20-26H2,1H3,(H,29,30)/b4-3-,7-6-,10-9-,13-12-,16-15-,19-18-. The second-order valence-electron chi connectivity index (χ2n) is 7.81. The van der Waals surface area contributed by atoms with Gasteiger partial charge < -0.3 is 10.1 Å². The van der Waals surface area contributed by atoms with Crippen LogP contribution in [0.4, 0.5) is 0 Å². The van der Waals surface area contributed by atoms with Gasteiger partial charge in [0.1, 0.15) is 0 Å². The third-order valence-electron chi connectivity index (χ3n) is 5.06. The highest BCUT2D eigenvalue weighted by molar-refractivity contribution is 5.75. The minimum atomic E-state index is 0.158. The lowest BCUT2D eigenvalue weighted by Gasteiger charge is -2.22. The van der Waals surface area contributed by atoms with Crippen LogP contribution in [-0.4, -0.2) is 25.7 Å². The molecule has 1 amide bonds. The first kappa shape index (κ1) is 26.9. The molecule has 1 rings (SSSR count). The predicted molar refractivity (Wildman–Crippen MR) is 134 cm³/mol. The van der Waals surface area contributed by atoms with E-state index in [1.165, 1.54) is 0 Å². The summed E-state index contributed by atoms with van der Waals surface area (Å²) in [6, 6.07) is 0. The van der Waals surface area contributed by atoms with E-state index < -0.39 is 0 Å². The number of carbonyl (C=O) groups excluding carboxylic acids is 1. The molecular formula is C28H43NO2. The molecule has 0 aromatic heterocycles. The van der Waals surface area contributed by atoms with Crippen molar-refractivity contribution in [3.8, 4) is 0 Å². The van der Waals surface area contributed by atoms with Crippen LogP contribution in [-0.2, 0) is 9.53 Å². The molecule has 1 saturated heterocycles. The average molecular weight is 426 g/mol. The summed E-state index contributed by atoms with van der Waals surface area (Å²) in [6.07, 6.45) is 35.9. The Kier molecular flexibility index (Phi) is 18.3. The van der Waals surface area contributed by atoms with Crippen molar-refractivity contribution in [1.82, 2.24) is 5.32 Å². The van der Waals surface area contributed by atoms with E-state index in [9.17, 15) is 4.79 Å². The number of hydrogen-bond acceptors (Lipinski definition) is 2. The number of amides is 1. The molecule has 0 saturated carbocycles. The molecule has 0 atom stereocenters. The van der Waals surface area contributed by atoms with E-state index in [0.717, 1.165) is 77.5 Å². The molecule has 1 aliphatic rings. The van der Waals surface area contributed by atoms with Crippen molar-refractivity contribution in [2.24, 2.45) is 5.92 Å². The van der Waals surface area contributed by atoms with Crippen LogP contribution in [0.25, 0.3) is 0 Å². The van der Waals surface area contributed by atoms with Crippen LogP contribution >= 0.6 is 0 Å². The Morgan fingerprint density at radius 1 is 0.742 bits per heavy atom. The molecule has 0 unspecified atom stereocenters. The van der Waals surface area contributed by atoms with E-state index in [-0.39, 0.29) is 5.91 Å². The summed E-state index contributed by atoms with van der Waals surface area (Å²) in [5, 5.41) is 3.05. The maximum absolute atomic E-state index is 11.9. The Hall–Kier alpha value is -2.13. The first-order valence-electron chi connectivity index (χ1n) is 12.1. The number of ether oxygens (including phenoxy) is 1. The molecule has 0 aromatic rings. The zero-order valence-electron chi connectivity index (χ0n) is 19.5. The van der Waals surface area contributed by atoms with E-state index in [4.69, 9.17) is 4.74 Å². The highest BCUT2D eigenvalue weighted by Gasteiger charge is 2.14. The van der Waals surface area contributed by atoms with Crippen molar-refractivity contribution < 1.29 is 9.53 Å². The van der Waals surface area contributed by atoms with Crippen LogP contribution < -0.4 is 5.32 Å². The summed E-state index contributed by atoms with van der Waals surface area (Å²) in [5.41, 5.74) is 0. The van der Waals surface area contributed by atoms with E-state index >= 15 is 0 Å². The van der Waals surface area contributed by atoms with Gasteiger partial charge in [0.2, 0.25) is 5.91 Å². The van der Waals surface area contributed by atoms with Crippen molar-refractivity contribution in [3.05, 3.63) is 72.9 Å². The molecule has 0 aromatic carbocycles. The van der Waals surface area contributed by atoms with Gasteiger partial charge in [-0.15, -0.1) is 0 Å². The third-order valence-corrected chi connectivity index (χ3v) is 5.06. The van der Waals surface area contributed by atoms with Crippen molar-refractivity contribution >= 4 is 5.91 Å². The van der Waals surface area contributed by atoms with Gasteiger partial charge in [0, 0.05) is 26.2 Å². The summed E-state index contributed by atoms with van der Waals surface area (Å²) in [7, 11) is 0. The highest BCUT2D eigenvalue weighted by atomic mass is 16.5. The summed E-state index contributed by atoms with van der Waals surface area (Å²) >= 11 is 0. The largest absolute Gasteiger partial charge is 0.381 e. The maximum atomic E-state index is 11.9. The number of rotatable bonds is 16. The lowest BCUT2D eigenvalue weighted by atomic mass is 10.0. The zero-order valence-corrected chi connectivity index (χ0v) is 19.5. The fraction of sp³-hybridized carbons (Fsp3) is 0.536. The maximum Gasteiger partial charge on any atom is 0.220 e. The topological polar surface area (TPSA) is 38.3 Å². The molecule has 1 N–H and O–H groups in total. The number of nitrogens with one attached hydrogen (secondary N) is 1. The van der Waals surface area contributed by atoms with E-state index in [0.29, 0.717) is 12.3 Å². The molecule has 0 aliphatic carbocycles. The fourth-order valence-electron chi connectivity index (χ4n) is 3.15. The van der Waals surface area contributed by atoms with Gasteiger partial charge in [0.05, 0.1) is 0 Å². The van der Waals surface area contributed by atoms with Crippen molar-refractivity contribution in [2.45, 2.75) is 71.1 Å². The predicted octanol–water partition coefficient (Wildman–Crippen LogP) is 7.01. The van der Waals surface area contributed by atoms with E-state index in [2.05, 4.69) is 85.2 Å². The highest BCUT2D eigenvalue weighted by Crippen LogP contribution is 2.13. The third kappa shape index (κ3) is 18.4. The molecule has 31 heavy (non-hydrogen) atoms. The van der Waals surface area contributed by atoms with Crippen molar-refractivity contribution in [2.75, 3.05) is 19.8 Å². The average Bonchev–Trinajstić information content (AvgIpc) is 2.80. The first-order chi connectivity index (χ1) is 15.3. The molecule has 0 radical (unpaired) electrons. The van der Waals surface area contributed by atoms with Gasteiger partial charge in [-0.05, 0) is 63.7 Å². The number of allylic oxidation sites excluding steroid dienone is 12. The van der Waals surface area contributed by atoms with Gasteiger partial charge in [0.25, 0.3) is 0 Å². The van der Waals surface area contributed by atoms with Crippen molar-refractivity contribution in [3.63, 3.8) is 0 Å². The summed E-state index contributed by atoms with van der Waals surface area (Å²) < 4.78 is 5.34. The van der Waals surface area contributed by atoms with Gasteiger partial charge >= 0.3 is 0 Å². The Labute approximate surface area is 190 Å². The lowest BCUT2D eigenvalue weighted by molar-refractivity contribution is -0.121. The molecule has 1 aliphatic heterocycles. The molecule has 172 valence electrons. The Bertz CT molecular complexity index is 605. The minimum absolute atomic E-state index is 0.158. The minimum Gasteiger partial charge on any atom is -0.381 e. The van der Waals surface area contributed by atoms with Gasteiger partial charge in [-0.25, -0.2) is 0 Å². The lowest BCUT2D eigenvalue weighted by Crippen LogP contribution is -2.31. The van der Waals surface area contributed by atoms with Crippen LogP contribution in [0.1, 0.15) is 71.1 Å². The van der Waals surface area contributed by atoms with Gasteiger partial charge in [0.15, 0.2) is 0 Å². The van der Waals surface area contributed by atoms with Gasteiger partial charge in [-0.3, -0.25) is 4.79 Å². The van der Waals surface area contributed by atoms with Crippen LogP contribution in [0.3, 0.4) is 0 Å². The van der Waals surface area contributed by atoms with Gasteiger partial charge in [-0.2, -0.15) is 0 Å². The van der Waals surface area contributed by atoms with Crippen LogP contribution in [0, 0.1) is 5.92 Å². The Morgan fingerprint density at radius 3 is 1.68 bits per heavy atom. The zero-order chi connectivity index (χ0) is 22.2. The van der Waals surface area contributed by atoms with Gasteiger partial charge in [-0.1, -0.05) is 79.8 Å². The summed E-state index contributed by atoms with van der Waals surface area (Å²) in [6.45, 7) is 4.62. The number of hydrogen-bond donors (Lipinski definition) is 1. The monoisotopic (exact) mass is 425 g/mol. The van der Waals surface area contributed by atoms with Crippen molar-refractivity contribution in [1.29, 1.82) is 0 Å². The second-order valence-corrected chi connectivity index (χ2v) is 7.81. The molecule has 0 bridgehead atoms. The smallest absolute Gasteiger partial charge is 0.220 e. The molecule has 1 fully saturated rings. The Morgan fingerprint density at radius 2 is 1.19 bits per heavy atom. The summed E-state index contributed by atoms with van der Waals surface area (Å²) in [5.74, 6) is 0.745. The molecular weight excluding hydrogens is 382 g/mol. The molecule has 3 heteroatoms. The second kappa shape index (κ2) is 21.1. The Balaban J connectivity index is 1.93. The fourth-order valence-corrected chi connectivity index (χ4v) is 3.15. The number of carbonyl (C=O) groups is 1. The van der Waals surface area contributed by atoms with E-state index in [1.54, 1.807) is 0 Å².